The molecule has 0 saturated carbocycles. The molecule has 0 unspecified atom stereocenters. The van der Waals surface area contributed by atoms with Crippen LogP contribution in [-0.2, 0) is 0 Å². The molecule has 2 aromatic carbocycles. The van der Waals surface area contributed by atoms with Crippen molar-refractivity contribution in [1.82, 2.24) is 10.3 Å². The molecule has 2 N–H and O–H groups in total. The lowest BCUT2D eigenvalue weighted by atomic mass is 10.00. The van der Waals surface area contributed by atoms with E-state index in [2.05, 4.69) is 24.4 Å². The molecule has 0 spiro atoms. The Hall–Kier alpha value is -2.98. The van der Waals surface area contributed by atoms with Crippen molar-refractivity contribution in [2.45, 2.75) is 13.8 Å². The standard InChI is InChI=1S/C21H20N2O.CH4O/c1-14(13-22-3)16-8-10-17(11-9-16)21-12-19(15(2)24)18-6-4-5-7-20(18)23-21;1-2/h4-13,22H,1-3H3;2H,1H3/b14-13+;. The minimum atomic E-state index is 0.0549. The van der Waals surface area contributed by atoms with E-state index in [0.717, 1.165) is 34.8 Å². The van der Waals surface area contributed by atoms with Crippen molar-refractivity contribution in [3.63, 3.8) is 0 Å². The minimum Gasteiger partial charge on any atom is -0.400 e. The molecule has 1 heterocycles. The molecule has 0 saturated heterocycles. The smallest absolute Gasteiger partial charge is 0.160 e. The lowest BCUT2D eigenvalue weighted by Gasteiger charge is -2.09. The van der Waals surface area contributed by atoms with Crippen LogP contribution in [0.3, 0.4) is 0 Å². The summed E-state index contributed by atoms with van der Waals surface area (Å²) in [7, 11) is 2.89. The van der Waals surface area contributed by atoms with Crippen LogP contribution in [0, 0.1) is 0 Å². The van der Waals surface area contributed by atoms with Crippen molar-refractivity contribution in [3.05, 3.63) is 71.9 Å². The lowest BCUT2D eigenvalue weighted by Crippen LogP contribution is -1.97. The zero-order valence-electron chi connectivity index (χ0n) is 15.6. The van der Waals surface area contributed by atoms with Crippen molar-refractivity contribution in [2.75, 3.05) is 14.2 Å². The van der Waals surface area contributed by atoms with E-state index in [1.165, 1.54) is 5.57 Å². The fourth-order valence-electron chi connectivity index (χ4n) is 2.82. The van der Waals surface area contributed by atoms with Gasteiger partial charge in [0.15, 0.2) is 5.78 Å². The van der Waals surface area contributed by atoms with Gasteiger partial charge in [0, 0.05) is 30.7 Å². The SMILES string of the molecule is CN/C=C(\C)c1ccc(-c2cc(C(C)=O)c3ccccc3n2)cc1.CO. The minimum absolute atomic E-state index is 0.0549. The highest BCUT2D eigenvalue weighted by atomic mass is 16.2. The number of para-hydroxylation sites is 1. The third-order valence-corrected chi connectivity index (χ3v) is 4.09. The number of carbonyl (C=O) groups is 1. The van der Waals surface area contributed by atoms with Crippen molar-refractivity contribution in [2.24, 2.45) is 0 Å². The summed E-state index contributed by atoms with van der Waals surface area (Å²) >= 11 is 0. The average Bonchev–Trinajstić information content (AvgIpc) is 2.69. The van der Waals surface area contributed by atoms with Crippen LogP contribution in [0.5, 0.6) is 0 Å². The van der Waals surface area contributed by atoms with Gasteiger partial charge in [0.1, 0.15) is 0 Å². The first-order valence-electron chi connectivity index (χ1n) is 8.40. The van der Waals surface area contributed by atoms with E-state index in [-0.39, 0.29) is 5.78 Å². The highest BCUT2D eigenvalue weighted by Crippen LogP contribution is 2.26. The third kappa shape index (κ3) is 4.16. The summed E-state index contributed by atoms with van der Waals surface area (Å²) in [5.41, 5.74) is 5.70. The number of ketones is 1. The number of fused-ring (bicyclic) bond motifs is 1. The molecular formula is C22H24N2O2. The number of pyridine rings is 1. The summed E-state index contributed by atoms with van der Waals surface area (Å²) in [6, 6.07) is 17.9. The van der Waals surface area contributed by atoms with E-state index in [1.54, 1.807) is 6.92 Å². The van der Waals surface area contributed by atoms with Crippen molar-refractivity contribution in [1.29, 1.82) is 0 Å². The number of aromatic nitrogens is 1. The lowest BCUT2D eigenvalue weighted by molar-refractivity contribution is 0.101. The highest BCUT2D eigenvalue weighted by Gasteiger charge is 2.10. The van der Waals surface area contributed by atoms with Gasteiger partial charge in [-0.1, -0.05) is 42.5 Å². The van der Waals surface area contributed by atoms with Gasteiger partial charge in [-0.15, -0.1) is 0 Å². The molecule has 0 atom stereocenters. The highest BCUT2D eigenvalue weighted by molar-refractivity contribution is 6.07. The zero-order valence-corrected chi connectivity index (χ0v) is 15.6. The molecule has 0 bridgehead atoms. The number of carbonyl (C=O) groups excluding carboxylic acids is 1. The van der Waals surface area contributed by atoms with Gasteiger partial charge in [-0.2, -0.15) is 0 Å². The summed E-state index contributed by atoms with van der Waals surface area (Å²) in [6.45, 7) is 3.66. The van der Waals surface area contributed by atoms with E-state index in [0.29, 0.717) is 5.56 Å². The number of nitrogens with zero attached hydrogens (tertiary/aromatic N) is 1. The van der Waals surface area contributed by atoms with Gasteiger partial charge in [0.25, 0.3) is 0 Å². The van der Waals surface area contributed by atoms with Gasteiger partial charge in [-0.05, 0) is 43.3 Å². The first kappa shape index (κ1) is 19.3. The Labute approximate surface area is 154 Å². The number of aliphatic hydroxyl groups is 1. The second-order valence-electron chi connectivity index (χ2n) is 5.82. The van der Waals surface area contributed by atoms with E-state index >= 15 is 0 Å². The van der Waals surface area contributed by atoms with E-state index in [4.69, 9.17) is 10.1 Å². The average molecular weight is 348 g/mol. The molecule has 0 fully saturated rings. The summed E-state index contributed by atoms with van der Waals surface area (Å²) in [6.07, 6.45) is 1.97. The van der Waals surface area contributed by atoms with Crippen molar-refractivity contribution < 1.29 is 9.90 Å². The van der Waals surface area contributed by atoms with Crippen LogP contribution in [0.1, 0.15) is 29.8 Å². The fraction of sp³-hybridized carbons (Fsp3) is 0.182. The molecule has 3 rings (SSSR count). The molecule has 0 aliphatic heterocycles. The van der Waals surface area contributed by atoms with E-state index < -0.39 is 0 Å². The largest absolute Gasteiger partial charge is 0.400 e. The molecule has 0 amide bonds. The number of nitrogens with one attached hydrogen (secondary N) is 1. The number of rotatable bonds is 4. The number of aliphatic hydroxyl groups excluding tert-OH is 1. The number of hydrogen-bond acceptors (Lipinski definition) is 4. The van der Waals surface area contributed by atoms with Crippen LogP contribution in [-0.4, -0.2) is 30.0 Å². The molecule has 0 aliphatic carbocycles. The quantitative estimate of drug-likeness (QED) is 0.690. The molecule has 1 aromatic heterocycles. The van der Waals surface area contributed by atoms with Gasteiger partial charge in [-0.25, -0.2) is 4.98 Å². The predicted molar refractivity (Wildman–Crippen MR) is 108 cm³/mol. The second-order valence-corrected chi connectivity index (χ2v) is 5.82. The monoisotopic (exact) mass is 348 g/mol. The topological polar surface area (TPSA) is 62.2 Å². The van der Waals surface area contributed by atoms with Crippen LogP contribution < -0.4 is 5.32 Å². The van der Waals surface area contributed by atoms with E-state index in [9.17, 15) is 4.79 Å². The molecule has 3 aromatic rings. The third-order valence-electron chi connectivity index (χ3n) is 4.09. The Morgan fingerprint density at radius 1 is 1.04 bits per heavy atom. The number of allylic oxidation sites excluding steroid dienone is 1. The Bertz CT molecular complexity index is 929. The van der Waals surface area contributed by atoms with E-state index in [1.807, 2.05) is 55.7 Å². The van der Waals surface area contributed by atoms with Gasteiger partial charge in [0.2, 0.25) is 0 Å². The molecular weight excluding hydrogens is 324 g/mol. The van der Waals surface area contributed by atoms with Crippen LogP contribution in [0.4, 0.5) is 0 Å². The first-order chi connectivity index (χ1) is 12.6. The number of benzene rings is 2. The van der Waals surface area contributed by atoms with Gasteiger partial charge in [-0.3, -0.25) is 4.79 Å². The predicted octanol–water partition coefficient (Wildman–Crippen LogP) is 4.29. The molecule has 26 heavy (non-hydrogen) atoms. The van der Waals surface area contributed by atoms with Crippen molar-refractivity contribution >= 4 is 22.3 Å². The second kappa shape index (κ2) is 8.92. The van der Waals surface area contributed by atoms with Crippen LogP contribution in [0.25, 0.3) is 27.7 Å². The first-order valence-corrected chi connectivity index (χ1v) is 8.40. The summed E-state index contributed by atoms with van der Waals surface area (Å²) in [5.74, 6) is 0.0549. The maximum absolute atomic E-state index is 12.0. The summed E-state index contributed by atoms with van der Waals surface area (Å²) in [5, 5.41) is 10.9. The van der Waals surface area contributed by atoms with Crippen LogP contribution in [0.2, 0.25) is 0 Å². The van der Waals surface area contributed by atoms with Gasteiger partial charge < -0.3 is 10.4 Å². The Balaban J connectivity index is 0.00000117. The van der Waals surface area contributed by atoms with Gasteiger partial charge in [0.05, 0.1) is 11.2 Å². The molecule has 4 nitrogen and oxygen atoms in total. The Kier molecular flexibility index (Phi) is 6.64. The molecule has 0 aliphatic rings. The number of Topliss-reactive ketones (excluding diaryl/α,β-unsaturated/α-hetero) is 1. The maximum Gasteiger partial charge on any atom is 0.160 e. The molecule has 0 radical (unpaired) electrons. The number of hydrogen-bond donors (Lipinski definition) is 2. The Morgan fingerprint density at radius 3 is 2.31 bits per heavy atom. The normalized spacial score (nSPS) is 10.9. The maximum atomic E-state index is 12.0. The molecule has 134 valence electrons. The zero-order chi connectivity index (χ0) is 19.1. The van der Waals surface area contributed by atoms with Crippen molar-refractivity contribution in [3.8, 4) is 11.3 Å². The van der Waals surface area contributed by atoms with Crippen LogP contribution >= 0.6 is 0 Å². The summed E-state index contributed by atoms with van der Waals surface area (Å²) < 4.78 is 0. The Morgan fingerprint density at radius 2 is 1.69 bits per heavy atom. The van der Waals surface area contributed by atoms with Crippen LogP contribution in [0.15, 0.2) is 60.8 Å². The summed E-state index contributed by atoms with van der Waals surface area (Å²) in [4.78, 5) is 16.7. The fourth-order valence-corrected chi connectivity index (χ4v) is 2.82. The molecule has 4 heteroatoms. The van der Waals surface area contributed by atoms with Gasteiger partial charge >= 0.3 is 0 Å².